The maximum Gasteiger partial charge on any atom is 0.160 e. The maximum absolute atomic E-state index is 5.34. The Kier molecular flexibility index (Phi) is 4.37. The molecular formula is C14H22N4O. The topological polar surface area (TPSA) is 51.5 Å². The first-order valence-corrected chi connectivity index (χ1v) is 6.84. The fraction of sp³-hybridized carbons (Fsp3) is 0.571. The number of rotatable bonds is 6. The molecule has 0 amide bonds. The van der Waals surface area contributed by atoms with Crippen LogP contribution in [0.15, 0.2) is 6.07 Å². The molecular weight excluding hydrogens is 240 g/mol. The van der Waals surface area contributed by atoms with Gasteiger partial charge < -0.3 is 10.1 Å². The summed E-state index contributed by atoms with van der Waals surface area (Å²) in [6.45, 7) is 10.4. The van der Waals surface area contributed by atoms with E-state index in [1.165, 1.54) is 0 Å². The Morgan fingerprint density at radius 1 is 1.32 bits per heavy atom. The first-order valence-electron chi connectivity index (χ1n) is 6.84. The minimum absolute atomic E-state index is 0.695. The van der Waals surface area contributed by atoms with Crippen molar-refractivity contribution in [2.24, 2.45) is 0 Å². The molecule has 0 atom stereocenters. The summed E-state index contributed by atoms with van der Waals surface area (Å²) >= 11 is 0. The van der Waals surface area contributed by atoms with Crippen molar-refractivity contribution < 1.29 is 4.74 Å². The number of nitrogens with zero attached hydrogens (tertiary/aromatic N) is 3. The van der Waals surface area contributed by atoms with E-state index >= 15 is 0 Å². The lowest BCUT2D eigenvalue weighted by Gasteiger charge is -2.10. The average Bonchev–Trinajstić information content (AvgIpc) is 2.71. The van der Waals surface area contributed by atoms with Crippen LogP contribution in [0.25, 0.3) is 5.65 Å². The van der Waals surface area contributed by atoms with Gasteiger partial charge in [-0.1, -0.05) is 6.92 Å². The first-order chi connectivity index (χ1) is 9.17. The van der Waals surface area contributed by atoms with E-state index in [4.69, 9.17) is 4.74 Å². The molecule has 0 unspecified atom stereocenters. The number of aryl methyl sites for hydroxylation is 3. The smallest absolute Gasteiger partial charge is 0.160 e. The highest BCUT2D eigenvalue weighted by Gasteiger charge is 2.11. The molecule has 0 aliphatic rings. The quantitative estimate of drug-likeness (QED) is 0.812. The Hall–Kier alpha value is -1.62. The molecule has 1 N–H and O–H groups in total. The van der Waals surface area contributed by atoms with Crippen LogP contribution in [0.2, 0.25) is 0 Å². The molecule has 0 spiro atoms. The molecule has 0 saturated carbocycles. The lowest BCUT2D eigenvalue weighted by Crippen LogP contribution is -2.13. The van der Waals surface area contributed by atoms with Gasteiger partial charge in [0.25, 0.3) is 0 Å². The third kappa shape index (κ3) is 2.87. The van der Waals surface area contributed by atoms with Crippen molar-refractivity contribution >= 4 is 11.5 Å². The maximum atomic E-state index is 5.34. The Morgan fingerprint density at radius 3 is 2.79 bits per heavy atom. The minimum atomic E-state index is 0.695. The summed E-state index contributed by atoms with van der Waals surface area (Å²) in [5.74, 6) is 0.984. The molecule has 19 heavy (non-hydrogen) atoms. The fourth-order valence-corrected chi connectivity index (χ4v) is 1.98. The van der Waals surface area contributed by atoms with E-state index in [1.54, 1.807) is 0 Å². The van der Waals surface area contributed by atoms with Gasteiger partial charge in [0.15, 0.2) is 5.65 Å². The molecule has 2 aromatic heterocycles. The zero-order chi connectivity index (χ0) is 13.8. The third-order valence-corrected chi connectivity index (χ3v) is 3.23. The lowest BCUT2D eigenvalue weighted by atomic mass is 10.2. The lowest BCUT2D eigenvalue weighted by molar-refractivity contribution is 0.158. The van der Waals surface area contributed by atoms with Crippen LogP contribution in [0, 0.1) is 13.8 Å². The first kappa shape index (κ1) is 13.8. The summed E-state index contributed by atoms with van der Waals surface area (Å²) in [5.41, 5.74) is 4.18. The van der Waals surface area contributed by atoms with Crippen molar-refractivity contribution in [2.75, 3.05) is 25.1 Å². The molecule has 0 saturated heterocycles. The molecule has 0 aliphatic heterocycles. The molecule has 2 aromatic rings. The van der Waals surface area contributed by atoms with Gasteiger partial charge in [-0.15, -0.1) is 0 Å². The van der Waals surface area contributed by atoms with Gasteiger partial charge in [0.2, 0.25) is 0 Å². The molecule has 0 radical (unpaired) electrons. The number of hydrogen-bond acceptors (Lipinski definition) is 4. The molecule has 0 aromatic carbocycles. The normalized spacial score (nSPS) is 11.2. The van der Waals surface area contributed by atoms with E-state index in [-0.39, 0.29) is 0 Å². The number of anilines is 1. The summed E-state index contributed by atoms with van der Waals surface area (Å²) in [6.07, 6.45) is 0.917. The van der Waals surface area contributed by atoms with Gasteiger partial charge in [-0.25, -0.2) is 4.98 Å². The standard InChI is InChI=1S/C14H22N4O/c1-5-12-9-13(15-7-8-19-6-2)18-14(16-12)10(3)11(4)17-18/h9,15H,5-8H2,1-4H3. The van der Waals surface area contributed by atoms with Crippen LogP contribution in [-0.2, 0) is 11.2 Å². The largest absolute Gasteiger partial charge is 0.380 e. The zero-order valence-electron chi connectivity index (χ0n) is 12.2. The van der Waals surface area contributed by atoms with Crippen LogP contribution < -0.4 is 5.32 Å². The van der Waals surface area contributed by atoms with Crippen molar-refractivity contribution in [3.63, 3.8) is 0 Å². The summed E-state index contributed by atoms with van der Waals surface area (Å²) in [6, 6.07) is 2.06. The number of aromatic nitrogens is 3. The second kappa shape index (κ2) is 6.02. The number of fused-ring (bicyclic) bond motifs is 1. The van der Waals surface area contributed by atoms with Gasteiger partial charge in [-0.3, -0.25) is 0 Å². The van der Waals surface area contributed by atoms with Gasteiger partial charge >= 0.3 is 0 Å². The van der Waals surface area contributed by atoms with E-state index < -0.39 is 0 Å². The summed E-state index contributed by atoms with van der Waals surface area (Å²) in [5, 5.41) is 7.91. The molecule has 0 fully saturated rings. The third-order valence-electron chi connectivity index (χ3n) is 3.23. The van der Waals surface area contributed by atoms with Crippen LogP contribution >= 0.6 is 0 Å². The van der Waals surface area contributed by atoms with E-state index in [0.29, 0.717) is 6.61 Å². The van der Waals surface area contributed by atoms with Crippen LogP contribution in [0.4, 0.5) is 5.82 Å². The van der Waals surface area contributed by atoms with Gasteiger partial charge in [-0.05, 0) is 27.2 Å². The van der Waals surface area contributed by atoms with Gasteiger partial charge in [0, 0.05) is 30.5 Å². The minimum Gasteiger partial charge on any atom is -0.380 e. The Morgan fingerprint density at radius 2 is 2.11 bits per heavy atom. The fourth-order valence-electron chi connectivity index (χ4n) is 1.98. The highest BCUT2D eigenvalue weighted by atomic mass is 16.5. The molecule has 5 heteroatoms. The molecule has 5 nitrogen and oxygen atoms in total. The van der Waals surface area contributed by atoms with E-state index in [2.05, 4.69) is 35.3 Å². The van der Waals surface area contributed by atoms with Crippen molar-refractivity contribution in [3.8, 4) is 0 Å². The van der Waals surface area contributed by atoms with Crippen molar-refractivity contribution in [1.29, 1.82) is 0 Å². The highest BCUT2D eigenvalue weighted by molar-refractivity contribution is 5.56. The van der Waals surface area contributed by atoms with E-state index in [0.717, 1.165) is 48.0 Å². The van der Waals surface area contributed by atoms with Crippen LogP contribution in [-0.4, -0.2) is 34.4 Å². The van der Waals surface area contributed by atoms with Crippen molar-refractivity contribution in [1.82, 2.24) is 14.6 Å². The van der Waals surface area contributed by atoms with Gasteiger partial charge in [-0.2, -0.15) is 9.61 Å². The number of ether oxygens (including phenoxy) is 1. The summed E-state index contributed by atoms with van der Waals surface area (Å²) in [7, 11) is 0. The van der Waals surface area contributed by atoms with Crippen molar-refractivity contribution in [3.05, 3.63) is 23.0 Å². The van der Waals surface area contributed by atoms with Gasteiger partial charge in [0.05, 0.1) is 12.3 Å². The summed E-state index contributed by atoms with van der Waals surface area (Å²) in [4.78, 5) is 4.65. The number of hydrogen-bond donors (Lipinski definition) is 1. The van der Waals surface area contributed by atoms with Crippen molar-refractivity contribution in [2.45, 2.75) is 34.1 Å². The predicted octanol–water partition coefficient (Wildman–Crippen LogP) is 2.36. The molecule has 2 heterocycles. The SMILES string of the molecule is CCOCCNc1cc(CC)nc2c(C)c(C)nn12. The van der Waals surface area contributed by atoms with Crippen LogP contribution in [0.1, 0.15) is 30.8 Å². The second-order valence-corrected chi connectivity index (χ2v) is 4.56. The van der Waals surface area contributed by atoms with E-state index in [9.17, 15) is 0 Å². The Bertz CT molecular complexity index is 562. The summed E-state index contributed by atoms with van der Waals surface area (Å²) < 4.78 is 7.23. The Labute approximate surface area is 114 Å². The monoisotopic (exact) mass is 262 g/mol. The highest BCUT2D eigenvalue weighted by Crippen LogP contribution is 2.18. The van der Waals surface area contributed by atoms with E-state index in [1.807, 2.05) is 18.4 Å². The zero-order valence-corrected chi connectivity index (χ0v) is 12.2. The van der Waals surface area contributed by atoms with Crippen LogP contribution in [0.5, 0.6) is 0 Å². The molecule has 2 rings (SSSR count). The molecule has 0 aliphatic carbocycles. The van der Waals surface area contributed by atoms with Gasteiger partial charge in [0.1, 0.15) is 5.82 Å². The second-order valence-electron chi connectivity index (χ2n) is 4.56. The Balaban J connectivity index is 2.32. The molecule has 104 valence electrons. The molecule has 0 bridgehead atoms. The number of nitrogens with one attached hydrogen (secondary N) is 1. The predicted molar refractivity (Wildman–Crippen MR) is 76.8 cm³/mol. The van der Waals surface area contributed by atoms with Crippen LogP contribution in [0.3, 0.4) is 0 Å². The average molecular weight is 262 g/mol.